The number of benzene rings is 1. The molecule has 1 heterocycles. The van der Waals surface area contributed by atoms with E-state index in [0.29, 0.717) is 0 Å². The first-order valence-electron chi connectivity index (χ1n) is 7.44. The topological polar surface area (TPSA) is 31.2 Å². The monoisotopic (exact) mass is 271 g/mol. The standard InChI is InChI=1S/C17H21NO2/c1-20-16-9-5-8-15-14(12-19)11-18(17(15)16)10-13-6-3-2-4-7-13/h5,8-9,11-13H,2-4,6-7,10H2,1H3. The van der Waals surface area contributed by atoms with Crippen molar-refractivity contribution in [3.8, 4) is 5.75 Å². The average Bonchev–Trinajstić information content (AvgIpc) is 2.86. The predicted molar refractivity (Wildman–Crippen MR) is 80.5 cm³/mol. The fraction of sp³-hybridized carbons (Fsp3) is 0.471. The normalized spacial score (nSPS) is 16.4. The third-order valence-electron chi connectivity index (χ3n) is 4.42. The molecule has 0 unspecified atom stereocenters. The third-order valence-corrected chi connectivity index (χ3v) is 4.42. The van der Waals surface area contributed by atoms with Gasteiger partial charge in [0.2, 0.25) is 0 Å². The smallest absolute Gasteiger partial charge is 0.152 e. The van der Waals surface area contributed by atoms with Crippen LogP contribution < -0.4 is 4.74 Å². The first kappa shape index (κ1) is 13.2. The van der Waals surface area contributed by atoms with Crippen LogP contribution in [-0.2, 0) is 6.54 Å². The van der Waals surface area contributed by atoms with Gasteiger partial charge in [-0.2, -0.15) is 0 Å². The fourth-order valence-electron chi connectivity index (χ4n) is 3.40. The molecule has 3 heteroatoms. The molecule has 3 nitrogen and oxygen atoms in total. The van der Waals surface area contributed by atoms with Crippen molar-refractivity contribution in [2.75, 3.05) is 7.11 Å². The van der Waals surface area contributed by atoms with E-state index in [1.54, 1.807) is 7.11 Å². The number of methoxy groups -OCH3 is 1. The summed E-state index contributed by atoms with van der Waals surface area (Å²) in [7, 11) is 1.69. The molecule has 1 fully saturated rings. The molecular formula is C17H21NO2. The highest BCUT2D eigenvalue weighted by Gasteiger charge is 2.18. The molecular weight excluding hydrogens is 250 g/mol. The van der Waals surface area contributed by atoms with Gasteiger partial charge in [-0.1, -0.05) is 31.4 Å². The Morgan fingerprint density at radius 3 is 2.80 bits per heavy atom. The lowest BCUT2D eigenvalue weighted by Crippen LogP contribution is -2.13. The van der Waals surface area contributed by atoms with Gasteiger partial charge in [0.25, 0.3) is 0 Å². The maximum Gasteiger partial charge on any atom is 0.152 e. The van der Waals surface area contributed by atoms with Crippen LogP contribution in [0.1, 0.15) is 42.5 Å². The highest BCUT2D eigenvalue weighted by Crippen LogP contribution is 2.32. The molecule has 1 saturated carbocycles. The lowest BCUT2D eigenvalue weighted by molar-refractivity contribution is 0.112. The van der Waals surface area contributed by atoms with E-state index in [0.717, 1.165) is 41.0 Å². The van der Waals surface area contributed by atoms with Crippen molar-refractivity contribution in [3.05, 3.63) is 30.0 Å². The van der Waals surface area contributed by atoms with Crippen molar-refractivity contribution >= 4 is 17.2 Å². The second-order valence-electron chi connectivity index (χ2n) is 5.72. The lowest BCUT2D eigenvalue weighted by Gasteiger charge is -2.22. The van der Waals surface area contributed by atoms with Crippen molar-refractivity contribution < 1.29 is 9.53 Å². The Hall–Kier alpha value is -1.77. The van der Waals surface area contributed by atoms with Gasteiger partial charge in [0, 0.05) is 23.7 Å². The van der Waals surface area contributed by atoms with Crippen LogP contribution >= 0.6 is 0 Å². The maximum absolute atomic E-state index is 11.3. The van der Waals surface area contributed by atoms with Crippen molar-refractivity contribution in [2.24, 2.45) is 5.92 Å². The second kappa shape index (κ2) is 5.70. The number of carbonyl (C=O) groups excluding carboxylic acids is 1. The number of fused-ring (bicyclic) bond motifs is 1. The SMILES string of the molecule is COc1cccc2c(C=O)cn(CC3CCCCC3)c12. The molecule has 0 amide bonds. The van der Waals surface area contributed by atoms with E-state index < -0.39 is 0 Å². The minimum absolute atomic E-state index is 0.726. The van der Waals surface area contributed by atoms with Gasteiger partial charge in [0.1, 0.15) is 5.75 Å². The Morgan fingerprint density at radius 2 is 2.10 bits per heavy atom. The molecule has 20 heavy (non-hydrogen) atoms. The predicted octanol–water partition coefficient (Wildman–Crippen LogP) is 4.04. The van der Waals surface area contributed by atoms with Gasteiger partial charge >= 0.3 is 0 Å². The number of carbonyl (C=O) groups is 1. The van der Waals surface area contributed by atoms with Crippen LogP contribution in [0, 0.1) is 5.92 Å². The number of hydrogen-bond donors (Lipinski definition) is 0. The summed E-state index contributed by atoms with van der Waals surface area (Å²) in [6.45, 7) is 0.991. The molecule has 0 radical (unpaired) electrons. The summed E-state index contributed by atoms with van der Waals surface area (Å²) in [5.41, 5.74) is 1.82. The number of para-hydroxylation sites is 1. The van der Waals surface area contributed by atoms with Gasteiger partial charge in [-0.15, -0.1) is 0 Å². The molecule has 0 saturated heterocycles. The van der Waals surface area contributed by atoms with Crippen LogP contribution in [0.25, 0.3) is 10.9 Å². The Kier molecular flexibility index (Phi) is 3.77. The summed E-state index contributed by atoms with van der Waals surface area (Å²) >= 11 is 0. The minimum Gasteiger partial charge on any atom is -0.495 e. The summed E-state index contributed by atoms with van der Waals surface area (Å²) in [6, 6.07) is 5.91. The Bertz CT molecular complexity index is 609. The van der Waals surface area contributed by atoms with E-state index in [-0.39, 0.29) is 0 Å². The molecule has 1 aliphatic rings. The molecule has 1 aromatic carbocycles. The molecule has 106 valence electrons. The van der Waals surface area contributed by atoms with E-state index in [2.05, 4.69) is 4.57 Å². The molecule has 0 N–H and O–H groups in total. The maximum atomic E-state index is 11.3. The lowest BCUT2D eigenvalue weighted by atomic mass is 9.89. The number of nitrogens with zero attached hydrogens (tertiary/aromatic N) is 1. The van der Waals surface area contributed by atoms with Crippen LogP contribution in [0.15, 0.2) is 24.4 Å². The van der Waals surface area contributed by atoms with Gasteiger partial charge in [-0.05, 0) is 24.8 Å². The molecule has 3 rings (SSSR count). The zero-order valence-corrected chi connectivity index (χ0v) is 12.0. The molecule has 0 atom stereocenters. The largest absolute Gasteiger partial charge is 0.495 e. The van der Waals surface area contributed by atoms with Crippen molar-refractivity contribution in [1.29, 1.82) is 0 Å². The summed E-state index contributed by atoms with van der Waals surface area (Å²) in [5.74, 6) is 1.58. The molecule has 1 aliphatic carbocycles. The van der Waals surface area contributed by atoms with Gasteiger partial charge in [-0.3, -0.25) is 4.79 Å². The van der Waals surface area contributed by atoms with Crippen molar-refractivity contribution in [2.45, 2.75) is 38.6 Å². The summed E-state index contributed by atoms with van der Waals surface area (Å²) < 4.78 is 7.69. The Labute approximate surface area is 119 Å². The van der Waals surface area contributed by atoms with Crippen LogP contribution in [0.3, 0.4) is 0 Å². The Morgan fingerprint density at radius 1 is 1.30 bits per heavy atom. The van der Waals surface area contributed by atoms with E-state index >= 15 is 0 Å². The number of aldehydes is 1. The van der Waals surface area contributed by atoms with E-state index in [9.17, 15) is 4.79 Å². The van der Waals surface area contributed by atoms with Gasteiger partial charge in [0.15, 0.2) is 6.29 Å². The quantitative estimate of drug-likeness (QED) is 0.786. The molecule has 0 bridgehead atoms. The van der Waals surface area contributed by atoms with Gasteiger partial charge in [0.05, 0.1) is 12.6 Å². The van der Waals surface area contributed by atoms with E-state index in [1.165, 1.54) is 32.1 Å². The van der Waals surface area contributed by atoms with Crippen molar-refractivity contribution in [3.63, 3.8) is 0 Å². The van der Waals surface area contributed by atoms with Crippen LogP contribution in [0.5, 0.6) is 5.75 Å². The average molecular weight is 271 g/mol. The van der Waals surface area contributed by atoms with Crippen LogP contribution in [0.4, 0.5) is 0 Å². The molecule has 1 aromatic heterocycles. The molecule has 0 spiro atoms. The first-order chi connectivity index (χ1) is 9.83. The summed E-state index contributed by atoms with van der Waals surface area (Å²) in [6.07, 6.45) is 9.55. The highest BCUT2D eigenvalue weighted by atomic mass is 16.5. The van der Waals surface area contributed by atoms with Gasteiger partial charge < -0.3 is 9.30 Å². The molecule has 2 aromatic rings. The van der Waals surface area contributed by atoms with Gasteiger partial charge in [-0.25, -0.2) is 0 Å². The number of ether oxygens (including phenoxy) is 1. The summed E-state index contributed by atoms with van der Waals surface area (Å²) in [4.78, 5) is 11.3. The van der Waals surface area contributed by atoms with E-state index in [4.69, 9.17) is 4.74 Å². The molecule has 0 aliphatic heterocycles. The third kappa shape index (κ3) is 2.33. The highest BCUT2D eigenvalue weighted by molar-refractivity contribution is 6.00. The minimum atomic E-state index is 0.726. The van der Waals surface area contributed by atoms with Crippen LogP contribution in [0.2, 0.25) is 0 Å². The number of aromatic nitrogens is 1. The zero-order valence-electron chi connectivity index (χ0n) is 12.0. The Balaban J connectivity index is 2.02. The van der Waals surface area contributed by atoms with E-state index in [1.807, 2.05) is 24.4 Å². The second-order valence-corrected chi connectivity index (χ2v) is 5.72. The zero-order chi connectivity index (χ0) is 13.9. The summed E-state index contributed by atoms with van der Waals surface area (Å²) in [5, 5.41) is 0.996. The first-order valence-corrected chi connectivity index (χ1v) is 7.44. The van der Waals surface area contributed by atoms with Crippen LogP contribution in [-0.4, -0.2) is 18.0 Å². The number of hydrogen-bond acceptors (Lipinski definition) is 2. The number of rotatable bonds is 4. The van der Waals surface area contributed by atoms with Crippen molar-refractivity contribution in [1.82, 2.24) is 4.57 Å². The fourth-order valence-corrected chi connectivity index (χ4v) is 3.40.